The van der Waals surface area contributed by atoms with Gasteiger partial charge in [-0.15, -0.1) is 0 Å². The lowest BCUT2D eigenvalue weighted by Crippen LogP contribution is -2.14. The molecule has 0 fully saturated rings. The van der Waals surface area contributed by atoms with E-state index in [9.17, 15) is 4.79 Å². The van der Waals surface area contributed by atoms with Crippen molar-refractivity contribution in [2.75, 3.05) is 0 Å². The minimum Gasteiger partial charge on any atom is -0.289 e. The molecule has 0 spiro atoms. The Kier molecular flexibility index (Phi) is 2.77. The van der Waals surface area contributed by atoms with E-state index < -0.39 is 0 Å². The second-order valence-electron chi connectivity index (χ2n) is 5.12. The first kappa shape index (κ1) is 13.0. The van der Waals surface area contributed by atoms with Gasteiger partial charge in [0.05, 0.1) is 28.3 Å². The third-order valence-corrected chi connectivity index (χ3v) is 3.88. The SMILES string of the molecule is Cc1ccc(-n2[nH]c3c(cnc4ccc(Cl)cc43)c2=O)cn1. The topological polar surface area (TPSA) is 63.6 Å². The van der Waals surface area contributed by atoms with Gasteiger partial charge in [0.15, 0.2) is 0 Å². The van der Waals surface area contributed by atoms with Gasteiger partial charge in [0.2, 0.25) is 0 Å². The molecular weight excluding hydrogens is 300 g/mol. The molecular formula is C16H11ClN4O. The van der Waals surface area contributed by atoms with E-state index in [2.05, 4.69) is 15.1 Å². The maximum Gasteiger partial charge on any atom is 0.280 e. The number of pyridine rings is 2. The van der Waals surface area contributed by atoms with E-state index >= 15 is 0 Å². The van der Waals surface area contributed by atoms with Crippen LogP contribution in [0.3, 0.4) is 0 Å². The van der Waals surface area contributed by atoms with Gasteiger partial charge in [0.1, 0.15) is 0 Å². The van der Waals surface area contributed by atoms with Gasteiger partial charge in [-0.3, -0.25) is 19.9 Å². The molecule has 3 heterocycles. The molecule has 6 heteroatoms. The number of aromatic nitrogens is 4. The van der Waals surface area contributed by atoms with Crippen LogP contribution in [0, 0.1) is 6.92 Å². The fraction of sp³-hybridized carbons (Fsp3) is 0.0625. The molecule has 0 unspecified atom stereocenters. The zero-order chi connectivity index (χ0) is 15.3. The third-order valence-electron chi connectivity index (χ3n) is 3.64. The molecule has 0 atom stereocenters. The fourth-order valence-corrected chi connectivity index (χ4v) is 2.68. The van der Waals surface area contributed by atoms with Crippen molar-refractivity contribution in [3.63, 3.8) is 0 Å². The molecule has 4 aromatic rings. The normalized spacial score (nSPS) is 11.4. The van der Waals surface area contributed by atoms with E-state index in [1.54, 1.807) is 24.5 Å². The molecule has 3 aromatic heterocycles. The van der Waals surface area contributed by atoms with Crippen molar-refractivity contribution >= 4 is 33.4 Å². The van der Waals surface area contributed by atoms with Crippen molar-refractivity contribution in [1.82, 2.24) is 19.7 Å². The number of benzene rings is 1. The molecule has 108 valence electrons. The van der Waals surface area contributed by atoms with Gasteiger partial charge in [-0.1, -0.05) is 11.6 Å². The summed E-state index contributed by atoms with van der Waals surface area (Å²) in [5, 5.41) is 5.08. The number of nitrogens with zero attached hydrogens (tertiary/aromatic N) is 3. The van der Waals surface area contributed by atoms with Crippen LogP contribution < -0.4 is 5.56 Å². The van der Waals surface area contributed by atoms with E-state index in [0.717, 1.165) is 22.1 Å². The number of aromatic amines is 1. The minimum atomic E-state index is -0.157. The summed E-state index contributed by atoms with van der Waals surface area (Å²) in [5.41, 5.74) is 2.93. The highest BCUT2D eigenvalue weighted by atomic mass is 35.5. The number of nitrogens with one attached hydrogen (secondary N) is 1. The molecule has 0 bridgehead atoms. The van der Waals surface area contributed by atoms with Gasteiger partial charge >= 0.3 is 0 Å². The Labute approximate surface area is 130 Å². The Morgan fingerprint density at radius 1 is 1.09 bits per heavy atom. The van der Waals surface area contributed by atoms with Crippen molar-refractivity contribution in [3.8, 4) is 5.69 Å². The number of rotatable bonds is 1. The largest absolute Gasteiger partial charge is 0.289 e. The lowest BCUT2D eigenvalue weighted by Gasteiger charge is -2.01. The highest BCUT2D eigenvalue weighted by molar-refractivity contribution is 6.31. The van der Waals surface area contributed by atoms with Gasteiger partial charge in [-0.05, 0) is 37.3 Å². The molecule has 1 N–H and O–H groups in total. The standard InChI is InChI=1S/C16H11ClN4O/c1-9-2-4-11(7-18-9)21-16(22)13-8-19-14-5-3-10(17)6-12(14)15(13)20-21/h2-8,20H,1H3. The van der Waals surface area contributed by atoms with E-state index in [0.29, 0.717) is 16.1 Å². The lowest BCUT2D eigenvalue weighted by atomic mass is 10.2. The first-order valence-electron chi connectivity index (χ1n) is 6.75. The Hall–Kier alpha value is -2.66. The Balaban J connectivity index is 2.07. The first-order valence-corrected chi connectivity index (χ1v) is 7.13. The van der Waals surface area contributed by atoms with Crippen molar-refractivity contribution in [1.29, 1.82) is 0 Å². The summed E-state index contributed by atoms with van der Waals surface area (Å²) in [7, 11) is 0. The molecule has 0 aliphatic rings. The number of hydrogen-bond acceptors (Lipinski definition) is 3. The number of fused-ring (bicyclic) bond motifs is 3. The fourth-order valence-electron chi connectivity index (χ4n) is 2.50. The number of H-pyrrole nitrogens is 1. The van der Waals surface area contributed by atoms with Crippen LogP contribution in [0.15, 0.2) is 47.5 Å². The van der Waals surface area contributed by atoms with Gasteiger partial charge in [0, 0.05) is 22.3 Å². The van der Waals surface area contributed by atoms with Crippen LogP contribution in [0.5, 0.6) is 0 Å². The van der Waals surface area contributed by atoms with Crippen LogP contribution in [-0.4, -0.2) is 19.7 Å². The smallest absolute Gasteiger partial charge is 0.280 e. The van der Waals surface area contributed by atoms with E-state index in [-0.39, 0.29) is 5.56 Å². The van der Waals surface area contributed by atoms with Gasteiger partial charge in [-0.25, -0.2) is 4.68 Å². The Morgan fingerprint density at radius 3 is 2.73 bits per heavy atom. The summed E-state index contributed by atoms with van der Waals surface area (Å²) in [6.07, 6.45) is 3.25. The van der Waals surface area contributed by atoms with Gasteiger partial charge in [0.25, 0.3) is 5.56 Å². The van der Waals surface area contributed by atoms with E-state index in [1.807, 2.05) is 25.1 Å². The summed E-state index contributed by atoms with van der Waals surface area (Å²) in [4.78, 5) is 21.1. The van der Waals surface area contributed by atoms with Crippen molar-refractivity contribution in [2.24, 2.45) is 0 Å². The number of aryl methyl sites for hydroxylation is 1. The summed E-state index contributed by atoms with van der Waals surface area (Å²) >= 11 is 6.06. The van der Waals surface area contributed by atoms with Gasteiger partial charge in [-0.2, -0.15) is 0 Å². The van der Waals surface area contributed by atoms with Crippen LogP contribution in [0.2, 0.25) is 5.02 Å². The quantitative estimate of drug-likeness (QED) is 0.587. The third kappa shape index (κ3) is 1.90. The van der Waals surface area contributed by atoms with Crippen molar-refractivity contribution < 1.29 is 0 Å². The number of hydrogen-bond donors (Lipinski definition) is 1. The monoisotopic (exact) mass is 310 g/mol. The molecule has 0 aliphatic carbocycles. The molecule has 5 nitrogen and oxygen atoms in total. The molecule has 0 aliphatic heterocycles. The van der Waals surface area contributed by atoms with E-state index in [1.165, 1.54) is 4.68 Å². The molecule has 22 heavy (non-hydrogen) atoms. The predicted octanol–water partition coefficient (Wildman–Crippen LogP) is 3.22. The summed E-state index contributed by atoms with van der Waals surface area (Å²) in [6.45, 7) is 1.90. The van der Waals surface area contributed by atoms with Crippen LogP contribution >= 0.6 is 11.6 Å². The highest BCUT2D eigenvalue weighted by Crippen LogP contribution is 2.23. The number of halogens is 1. The average molecular weight is 311 g/mol. The Bertz CT molecular complexity index is 1060. The minimum absolute atomic E-state index is 0.157. The average Bonchev–Trinajstić information content (AvgIpc) is 2.86. The second-order valence-corrected chi connectivity index (χ2v) is 5.55. The molecule has 4 rings (SSSR count). The molecule has 1 aromatic carbocycles. The molecule has 0 saturated carbocycles. The van der Waals surface area contributed by atoms with Crippen LogP contribution in [0.25, 0.3) is 27.5 Å². The zero-order valence-electron chi connectivity index (χ0n) is 11.7. The van der Waals surface area contributed by atoms with Crippen LogP contribution in [-0.2, 0) is 0 Å². The van der Waals surface area contributed by atoms with Crippen LogP contribution in [0.1, 0.15) is 5.69 Å². The summed E-state index contributed by atoms with van der Waals surface area (Å²) in [6, 6.07) is 9.13. The maximum atomic E-state index is 12.6. The zero-order valence-corrected chi connectivity index (χ0v) is 12.4. The molecule has 0 radical (unpaired) electrons. The predicted molar refractivity (Wildman–Crippen MR) is 86.7 cm³/mol. The summed E-state index contributed by atoms with van der Waals surface area (Å²) < 4.78 is 1.47. The maximum absolute atomic E-state index is 12.6. The Morgan fingerprint density at radius 2 is 1.95 bits per heavy atom. The van der Waals surface area contributed by atoms with Crippen LogP contribution in [0.4, 0.5) is 0 Å². The summed E-state index contributed by atoms with van der Waals surface area (Å²) in [5.74, 6) is 0. The van der Waals surface area contributed by atoms with E-state index in [4.69, 9.17) is 11.6 Å². The van der Waals surface area contributed by atoms with Crippen molar-refractivity contribution in [2.45, 2.75) is 6.92 Å². The molecule has 0 amide bonds. The highest BCUT2D eigenvalue weighted by Gasteiger charge is 2.12. The lowest BCUT2D eigenvalue weighted by molar-refractivity contribution is 0.856. The second kappa shape index (κ2) is 4.68. The first-order chi connectivity index (χ1) is 10.6. The molecule has 0 saturated heterocycles. The van der Waals surface area contributed by atoms with Gasteiger partial charge < -0.3 is 0 Å². The van der Waals surface area contributed by atoms with Crippen molar-refractivity contribution in [3.05, 3.63) is 63.8 Å².